The Morgan fingerprint density at radius 1 is 1.47 bits per heavy atom. The third kappa shape index (κ3) is 4.40. The predicted molar refractivity (Wildman–Crippen MR) is 62.0 cm³/mol. The van der Waals surface area contributed by atoms with Crippen molar-refractivity contribution in [3.05, 3.63) is 29.6 Å². The minimum Gasteiger partial charge on any atom is -0.385 e. The highest BCUT2D eigenvalue weighted by Crippen LogP contribution is 2.04. The monoisotopic (exact) mass is 208 g/mol. The Kier molecular flexibility index (Phi) is 5.29. The summed E-state index contributed by atoms with van der Waals surface area (Å²) < 4.78 is 5.07. The molecule has 15 heavy (non-hydrogen) atoms. The molecule has 84 valence electrons. The molecule has 0 spiro atoms. The van der Waals surface area contributed by atoms with Crippen LogP contribution in [0.2, 0.25) is 0 Å². The van der Waals surface area contributed by atoms with Crippen molar-refractivity contribution in [2.24, 2.45) is 0 Å². The second-order valence-electron chi connectivity index (χ2n) is 3.80. The molecule has 1 N–H and O–H groups in total. The number of ether oxygens (including phenoxy) is 1. The van der Waals surface area contributed by atoms with E-state index < -0.39 is 0 Å². The number of rotatable bonds is 6. The van der Waals surface area contributed by atoms with Crippen LogP contribution in [0.25, 0.3) is 0 Å². The number of aryl methyl sites for hydroxylation is 1. The average molecular weight is 208 g/mol. The quantitative estimate of drug-likeness (QED) is 0.770. The summed E-state index contributed by atoms with van der Waals surface area (Å²) in [5.41, 5.74) is 2.34. The van der Waals surface area contributed by atoms with Gasteiger partial charge in [0, 0.05) is 38.1 Å². The number of hydrogen-bond acceptors (Lipinski definition) is 3. The van der Waals surface area contributed by atoms with E-state index in [4.69, 9.17) is 4.74 Å². The van der Waals surface area contributed by atoms with Gasteiger partial charge in [0.15, 0.2) is 0 Å². The summed E-state index contributed by atoms with van der Waals surface area (Å²) in [5, 5.41) is 3.28. The molecule has 0 radical (unpaired) electrons. The molecule has 0 saturated heterocycles. The molecule has 1 heterocycles. The zero-order valence-electron chi connectivity index (χ0n) is 9.79. The lowest BCUT2D eigenvalue weighted by Crippen LogP contribution is -2.29. The van der Waals surface area contributed by atoms with Gasteiger partial charge in [-0.05, 0) is 32.0 Å². The molecule has 1 atom stereocenters. The average Bonchev–Trinajstić information content (AvgIpc) is 2.27. The fourth-order valence-electron chi connectivity index (χ4n) is 1.48. The molecule has 1 aromatic heterocycles. The summed E-state index contributed by atoms with van der Waals surface area (Å²) in [7, 11) is 3.71. The maximum atomic E-state index is 5.07. The van der Waals surface area contributed by atoms with Crippen molar-refractivity contribution in [1.29, 1.82) is 0 Å². The van der Waals surface area contributed by atoms with E-state index in [1.807, 2.05) is 13.2 Å². The molecule has 0 fully saturated rings. The lowest BCUT2D eigenvalue weighted by Gasteiger charge is -2.15. The van der Waals surface area contributed by atoms with Crippen LogP contribution in [0.5, 0.6) is 0 Å². The maximum Gasteiger partial charge on any atom is 0.0477 e. The van der Waals surface area contributed by atoms with Crippen molar-refractivity contribution < 1.29 is 4.74 Å². The lowest BCUT2D eigenvalue weighted by atomic mass is 10.1. The van der Waals surface area contributed by atoms with Crippen molar-refractivity contribution in [2.45, 2.75) is 25.8 Å². The molecule has 0 saturated carbocycles. The van der Waals surface area contributed by atoms with Gasteiger partial charge < -0.3 is 10.1 Å². The molecule has 1 aromatic rings. The van der Waals surface area contributed by atoms with E-state index in [0.717, 1.165) is 25.1 Å². The van der Waals surface area contributed by atoms with Crippen LogP contribution >= 0.6 is 0 Å². The van der Waals surface area contributed by atoms with Crippen LogP contribution in [-0.2, 0) is 11.2 Å². The first-order valence-electron chi connectivity index (χ1n) is 5.34. The van der Waals surface area contributed by atoms with Crippen molar-refractivity contribution in [3.8, 4) is 0 Å². The van der Waals surface area contributed by atoms with Gasteiger partial charge in [-0.3, -0.25) is 4.98 Å². The normalized spacial score (nSPS) is 12.7. The summed E-state index contributed by atoms with van der Waals surface area (Å²) in [4.78, 5) is 4.39. The number of aromatic nitrogens is 1. The van der Waals surface area contributed by atoms with Gasteiger partial charge in [-0.1, -0.05) is 6.07 Å². The summed E-state index contributed by atoms with van der Waals surface area (Å²) in [6.07, 6.45) is 3.89. The van der Waals surface area contributed by atoms with Gasteiger partial charge in [0.1, 0.15) is 0 Å². The zero-order valence-corrected chi connectivity index (χ0v) is 9.79. The third-order valence-electron chi connectivity index (χ3n) is 2.51. The second kappa shape index (κ2) is 6.53. The molecule has 0 aliphatic carbocycles. The summed E-state index contributed by atoms with van der Waals surface area (Å²) >= 11 is 0. The van der Waals surface area contributed by atoms with E-state index >= 15 is 0 Å². The van der Waals surface area contributed by atoms with Crippen LogP contribution in [0.15, 0.2) is 18.3 Å². The van der Waals surface area contributed by atoms with Crippen LogP contribution in [0.4, 0.5) is 0 Å². The summed E-state index contributed by atoms with van der Waals surface area (Å²) in [5.74, 6) is 0. The Hall–Kier alpha value is -0.930. The Bertz CT molecular complexity index is 271. The highest BCUT2D eigenvalue weighted by Gasteiger charge is 2.07. The van der Waals surface area contributed by atoms with Gasteiger partial charge in [0.05, 0.1) is 0 Å². The maximum absolute atomic E-state index is 5.07. The number of methoxy groups -OCH3 is 1. The van der Waals surface area contributed by atoms with Gasteiger partial charge >= 0.3 is 0 Å². The van der Waals surface area contributed by atoms with Crippen LogP contribution < -0.4 is 5.32 Å². The summed E-state index contributed by atoms with van der Waals surface area (Å²) in [6.45, 7) is 2.84. The van der Waals surface area contributed by atoms with E-state index in [1.165, 1.54) is 5.56 Å². The number of hydrogen-bond donors (Lipinski definition) is 1. The molecular formula is C12H20N2O. The molecule has 0 aromatic carbocycles. The Labute approximate surface area is 91.9 Å². The van der Waals surface area contributed by atoms with Gasteiger partial charge in [0.2, 0.25) is 0 Å². The van der Waals surface area contributed by atoms with Crippen LogP contribution in [-0.4, -0.2) is 31.8 Å². The number of likely N-dealkylation sites (N-methyl/N-ethyl adjacent to an activating group) is 1. The molecule has 0 bridgehead atoms. The predicted octanol–water partition coefficient (Wildman–Crippen LogP) is 1.56. The smallest absolute Gasteiger partial charge is 0.0477 e. The topological polar surface area (TPSA) is 34.1 Å². The van der Waals surface area contributed by atoms with E-state index in [1.54, 1.807) is 7.11 Å². The van der Waals surface area contributed by atoms with Gasteiger partial charge in [0.25, 0.3) is 0 Å². The summed E-state index contributed by atoms with van der Waals surface area (Å²) in [6, 6.07) is 4.64. The SMILES string of the molecule is CNC(CCOC)Cc1ccc(C)cn1. The second-order valence-corrected chi connectivity index (χ2v) is 3.80. The Balaban J connectivity index is 2.47. The Morgan fingerprint density at radius 3 is 2.80 bits per heavy atom. The van der Waals surface area contributed by atoms with E-state index in [9.17, 15) is 0 Å². The van der Waals surface area contributed by atoms with E-state index in [2.05, 4.69) is 29.4 Å². The Morgan fingerprint density at radius 2 is 2.27 bits per heavy atom. The minimum absolute atomic E-state index is 0.445. The van der Waals surface area contributed by atoms with Crippen LogP contribution in [0.3, 0.4) is 0 Å². The van der Waals surface area contributed by atoms with Crippen molar-refractivity contribution >= 4 is 0 Å². The lowest BCUT2D eigenvalue weighted by molar-refractivity contribution is 0.183. The van der Waals surface area contributed by atoms with Gasteiger partial charge in [-0.25, -0.2) is 0 Å². The molecule has 1 unspecified atom stereocenters. The molecule has 1 rings (SSSR count). The fraction of sp³-hybridized carbons (Fsp3) is 0.583. The fourth-order valence-corrected chi connectivity index (χ4v) is 1.48. The van der Waals surface area contributed by atoms with Crippen molar-refractivity contribution in [2.75, 3.05) is 20.8 Å². The standard InChI is InChI=1S/C12H20N2O/c1-10-4-5-12(14-9-10)8-11(13-2)6-7-15-3/h4-5,9,11,13H,6-8H2,1-3H3. The van der Waals surface area contributed by atoms with Gasteiger partial charge in [-0.2, -0.15) is 0 Å². The van der Waals surface area contributed by atoms with E-state index in [0.29, 0.717) is 6.04 Å². The van der Waals surface area contributed by atoms with Crippen LogP contribution in [0.1, 0.15) is 17.7 Å². The molecule has 0 aliphatic rings. The zero-order chi connectivity index (χ0) is 11.1. The molecule has 3 nitrogen and oxygen atoms in total. The number of nitrogens with zero attached hydrogens (tertiary/aromatic N) is 1. The van der Waals surface area contributed by atoms with Crippen molar-refractivity contribution in [1.82, 2.24) is 10.3 Å². The minimum atomic E-state index is 0.445. The molecule has 0 aliphatic heterocycles. The highest BCUT2D eigenvalue weighted by atomic mass is 16.5. The highest BCUT2D eigenvalue weighted by molar-refractivity contribution is 5.13. The van der Waals surface area contributed by atoms with E-state index in [-0.39, 0.29) is 0 Å². The molecule has 3 heteroatoms. The largest absolute Gasteiger partial charge is 0.385 e. The third-order valence-corrected chi connectivity index (χ3v) is 2.51. The molecule has 0 amide bonds. The number of nitrogens with one attached hydrogen (secondary N) is 1. The first-order chi connectivity index (χ1) is 7.26. The van der Waals surface area contributed by atoms with Gasteiger partial charge in [-0.15, -0.1) is 0 Å². The van der Waals surface area contributed by atoms with Crippen molar-refractivity contribution in [3.63, 3.8) is 0 Å². The first-order valence-corrected chi connectivity index (χ1v) is 5.34. The first kappa shape index (κ1) is 12.1. The number of pyridine rings is 1. The van der Waals surface area contributed by atoms with Crippen LogP contribution in [0, 0.1) is 6.92 Å². The molecular weight excluding hydrogens is 188 g/mol.